The molecule has 3 rings (SSSR count). The van der Waals surface area contributed by atoms with Crippen LogP contribution in [0.4, 0.5) is 0 Å². The molecule has 3 aromatic rings. The zero-order chi connectivity index (χ0) is 11.1. The molecule has 0 aliphatic heterocycles. The molecular weight excluding hydrogens is 206 g/mol. The smallest absolute Gasteiger partial charge is 0.354 e. The molecule has 5 heteroatoms. The van der Waals surface area contributed by atoms with E-state index >= 15 is 0 Å². The molecule has 0 atom stereocenters. The van der Waals surface area contributed by atoms with Crippen LogP contribution in [0.1, 0.15) is 10.5 Å². The van der Waals surface area contributed by atoms with E-state index in [2.05, 4.69) is 15.2 Å². The molecule has 0 aliphatic carbocycles. The van der Waals surface area contributed by atoms with Crippen LogP contribution in [0.5, 0.6) is 0 Å². The number of hydrogen-bond acceptors (Lipinski definition) is 3. The van der Waals surface area contributed by atoms with E-state index in [1.165, 1.54) is 6.07 Å². The van der Waals surface area contributed by atoms with Crippen molar-refractivity contribution in [1.82, 2.24) is 15.2 Å². The van der Waals surface area contributed by atoms with Gasteiger partial charge in [-0.15, -0.1) is 0 Å². The first-order valence-corrected chi connectivity index (χ1v) is 4.72. The molecule has 5 nitrogen and oxygen atoms in total. The minimum absolute atomic E-state index is 0.0476. The van der Waals surface area contributed by atoms with Gasteiger partial charge in [0.1, 0.15) is 5.69 Å². The van der Waals surface area contributed by atoms with Gasteiger partial charge in [-0.3, -0.25) is 5.10 Å². The van der Waals surface area contributed by atoms with Crippen LogP contribution in [0.2, 0.25) is 0 Å². The first kappa shape index (κ1) is 8.84. The summed E-state index contributed by atoms with van der Waals surface area (Å²) < 4.78 is 0. The largest absolute Gasteiger partial charge is 0.477 e. The third kappa shape index (κ3) is 1.15. The van der Waals surface area contributed by atoms with Gasteiger partial charge in [-0.25, -0.2) is 9.78 Å². The number of rotatable bonds is 1. The number of carbonyl (C=O) groups is 1. The number of nitrogens with zero attached hydrogens (tertiary/aromatic N) is 2. The van der Waals surface area contributed by atoms with Crippen molar-refractivity contribution in [2.24, 2.45) is 0 Å². The number of fused-ring (bicyclic) bond motifs is 3. The maximum Gasteiger partial charge on any atom is 0.354 e. The SMILES string of the molecule is O=C(O)c1ccc2c(ccc3cn[nH]c32)n1. The molecule has 0 saturated carbocycles. The Morgan fingerprint density at radius 2 is 2.12 bits per heavy atom. The monoisotopic (exact) mass is 213 g/mol. The lowest BCUT2D eigenvalue weighted by molar-refractivity contribution is 0.0691. The van der Waals surface area contributed by atoms with Crippen LogP contribution in [0.15, 0.2) is 30.5 Å². The lowest BCUT2D eigenvalue weighted by Crippen LogP contribution is -1.99. The number of carboxylic acid groups (broad SMARTS) is 1. The minimum Gasteiger partial charge on any atom is -0.477 e. The topological polar surface area (TPSA) is 78.9 Å². The Bertz CT molecular complexity index is 703. The Morgan fingerprint density at radius 1 is 1.25 bits per heavy atom. The van der Waals surface area contributed by atoms with Crippen LogP contribution in [-0.2, 0) is 0 Å². The van der Waals surface area contributed by atoms with E-state index < -0.39 is 5.97 Å². The third-order valence-electron chi connectivity index (χ3n) is 2.50. The molecule has 1 aromatic carbocycles. The van der Waals surface area contributed by atoms with Crippen molar-refractivity contribution < 1.29 is 9.90 Å². The molecule has 0 fully saturated rings. The minimum atomic E-state index is -1.02. The molecule has 0 saturated heterocycles. The van der Waals surface area contributed by atoms with Gasteiger partial charge in [0.25, 0.3) is 0 Å². The van der Waals surface area contributed by atoms with Crippen molar-refractivity contribution in [3.63, 3.8) is 0 Å². The summed E-state index contributed by atoms with van der Waals surface area (Å²) in [5.41, 5.74) is 1.57. The van der Waals surface area contributed by atoms with Gasteiger partial charge in [0.15, 0.2) is 0 Å². The van der Waals surface area contributed by atoms with Gasteiger partial charge in [-0.1, -0.05) is 0 Å². The Balaban J connectivity index is 2.41. The number of benzene rings is 1. The average Bonchev–Trinajstić information content (AvgIpc) is 2.76. The maximum atomic E-state index is 10.8. The fourth-order valence-electron chi connectivity index (χ4n) is 1.74. The first-order valence-electron chi connectivity index (χ1n) is 4.72. The second kappa shape index (κ2) is 3.03. The second-order valence-corrected chi connectivity index (χ2v) is 3.47. The molecule has 0 unspecified atom stereocenters. The summed E-state index contributed by atoms with van der Waals surface area (Å²) in [5, 5.41) is 17.5. The molecule has 78 valence electrons. The quantitative estimate of drug-likeness (QED) is 0.646. The zero-order valence-electron chi connectivity index (χ0n) is 8.14. The average molecular weight is 213 g/mol. The van der Waals surface area contributed by atoms with E-state index in [0.717, 1.165) is 16.3 Å². The molecule has 0 bridgehead atoms. The number of aromatic amines is 1. The second-order valence-electron chi connectivity index (χ2n) is 3.47. The van der Waals surface area contributed by atoms with Gasteiger partial charge < -0.3 is 5.11 Å². The summed E-state index contributed by atoms with van der Waals surface area (Å²) in [7, 11) is 0. The van der Waals surface area contributed by atoms with Crippen molar-refractivity contribution >= 4 is 27.8 Å². The van der Waals surface area contributed by atoms with Crippen LogP contribution in [-0.4, -0.2) is 26.3 Å². The Hall–Kier alpha value is -2.43. The van der Waals surface area contributed by atoms with Gasteiger partial charge in [0, 0.05) is 10.8 Å². The molecule has 0 spiro atoms. The third-order valence-corrected chi connectivity index (χ3v) is 2.50. The van der Waals surface area contributed by atoms with Crippen molar-refractivity contribution in [3.05, 3.63) is 36.2 Å². The highest BCUT2D eigenvalue weighted by molar-refractivity contribution is 6.04. The molecule has 0 amide bonds. The van der Waals surface area contributed by atoms with Gasteiger partial charge in [0.05, 0.1) is 17.2 Å². The van der Waals surface area contributed by atoms with Gasteiger partial charge in [0.2, 0.25) is 0 Å². The first-order chi connectivity index (χ1) is 7.75. The van der Waals surface area contributed by atoms with E-state index in [9.17, 15) is 4.79 Å². The summed E-state index contributed by atoms with van der Waals surface area (Å²) in [6.45, 7) is 0. The van der Waals surface area contributed by atoms with Crippen molar-refractivity contribution in [1.29, 1.82) is 0 Å². The van der Waals surface area contributed by atoms with Crippen LogP contribution in [0, 0.1) is 0 Å². The van der Waals surface area contributed by atoms with Crippen molar-refractivity contribution in [2.45, 2.75) is 0 Å². The predicted octanol–water partition coefficient (Wildman–Crippen LogP) is 1.81. The highest BCUT2D eigenvalue weighted by Crippen LogP contribution is 2.22. The Morgan fingerprint density at radius 3 is 2.94 bits per heavy atom. The fraction of sp³-hybridized carbons (Fsp3) is 0. The zero-order valence-corrected chi connectivity index (χ0v) is 8.14. The van der Waals surface area contributed by atoms with Gasteiger partial charge in [-0.05, 0) is 24.3 Å². The van der Waals surface area contributed by atoms with Gasteiger partial charge in [-0.2, -0.15) is 5.10 Å². The summed E-state index contributed by atoms with van der Waals surface area (Å²) >= 11 is 0. The van der Waals surface area contributed by atoms with E-state index in [4.69, 9.17) is 5.11 Å². The lowest BCUT2D eigenvalue weighted by atomic mass is 10.1. The summed E-state index contributed by atoms with van der Waals surface area (Å²) in [5.74, 6) is -1.02. The standard InChI is InChI=1S/C11H7N3O2/c15-11(16)9-4-2-7-8(13-9)3-1-6-5-12-14-10(6)7/h1-5H,(H,12,14)(H,15,16). The normalized spacial score (nSPS) is 11.0. The molecule has 16 heavy (non-hydrogen) atoms. The van der Waals surface area contributed by atoms with E-state index in [-0.39, 0.29) is 5.69 Å². The maximum absolute atomic E-state index is 10.8. The van der Waals surface area contributed by atoms with E-state index in [1.807, 2.05) is 6.07 Å². The molecule has 0 aliphatic rings. The number of pyridine rings is 1. The lowest BCUT2D eigenvalue weighted by Gasteiger charge is -1.99. The fourth-order valence-corrected chi connectivity index (χ4v) is 1.74. The molecule has 2 N–H and O–H groups in total. The van der Waals surface area contributed by atoms with Crippen LogP contribution < -0.4 is 0 Å². The molecule has 2 aromatic heterocycles. The molecule has 0 radical (unpaired) electrons. The van der Waals surface area contributed by atoms with Crippen LogP contribution >= 0.6 is 0 Å². The van der Waals surface area contributed by atoms with Crippen LogP contribution in [0.3, 0.4) is 0 Å². The Kier molecular flexibility index (Phi) is 1.67. The van der Waals surface area contributed by atoms with E-state index in [1.54, 1.807) is 18.3 Å². The molecular formula is C11H7N3O2. The number of H-pyrrole nitrogens is 1. The highest BCUT2D eigenvalue weighted by Gasteiger charge is 2.07. The number of aromatic carboxylic acids is 1. The molecule has 2 heterocycles. The summed E-state index contributed by atoms with van der Waals surface area (Å²) in [6.07, 6.45) is 1.72. The van der Waals surface area contributed by atoms with Gasteiger partial charge >= 0.3 is 5.97 Å². The van der Waals surface area contributed by atoms with Crippen molar-refractivity contribution in [3.8, 4) is 0 Å². The van der Waals surface area contributed by atoms with Crippen molar-refractivity contribution in [2.75, 3.05) is 0 Å². The number of aromatic nitrogens is 3. The summed E-state index contributed by atoms with van der Waals surface area (Å²) in [4.78, 5) is 14.8. The van der Waals surface area contributed by atoms with E-state index in [0.29, 0.717) is 5.52 Å². The number of hydrogen-bond donors (Lipinski definition) is 2. The Labute approximate surface area is 89.7 Å². The number of carboxylic acids is 1. The highest BCUT2D eigenvalue weighted by atomic mass is 16.4. The number of nitrogens with one attached hydrogen (secondary N) is 1. The summed E-state index contributed by atoms with van der Waals surface area (Å²) in [6, 6.07) is 6.89. The van der Waals surface area contributed by atoms with Crippen LogP contribution in [0.25, 0.3) is 21.8 Å². The predicted molar refractivity (Wildman–Crippen MR) is 58.4 cm³/mol.